The molecule has 8 nitrogen and oxygen atoms in total. The van der Waals surface area contributed by atoms with Crippen LogP contribution in [0.5, 0.6) is 5.88 Å². The van der Waals surface area contributed by atoms with Gasteiger partial charge in [-0.3, -0.25) is 4.79 Å². The number of pyridine rings is 1. The lowest BCUT2D eigenvalue weighted by atomic mass is 9.80. The van der Waals surface area contributed by atoms with E-state index in [9.17, 15) is 10.1 Å². The van der Waals surface area contributed by atoms with Crippen molar-refractivity contribution in [3.8, 4) is 34.5 Å². The summed E-state index contributed by atoms with van der Waals surface area (Å²) >= 11 is 0. The summed E-state index contributed by atoms with van der Waals surface area (Å²) in [7, 11) is -1.85. The van der Waals surface area contributed by atoms with Gasteiger partial charge in [-0.2, -0.15) is 5.26 Å². The zero-order chi connectivity index (χ0) is 30.3. The van der Waals surface area contributed by atoms with Gasteiger partial charge in [0, 0.05) is 54.6 Å². The number of nitriles is 1. The van der Waals surface area contributed by atoms with Crippen LogP contribution in [0.3, 0.4) is 0 Å². The van der Waals surface area contributed by atoms with Crippen molar-refractivity contribution in [3.05, 3.63) is 59.5 Å². The molecule has 1 spiro atoms. The van der Waals surface area contributed by atoms with Gasteiger partial charge in [0.1, 0.15) is 11.6 Å². The number of fused-ring (bicyclic) bond motifs is 2. The van der Waals surface area contributed by atoms with Crippen molar-refractivity contribution in [1.82, 2.24) is 19.9 Å². The maximum absolute atomic E-state index is 13.2. The number of amides is 1. The smallest absolute Gasteiger partial charge is 0.231 e. The standard InChI is InChI=1S/C33H41N5O3Si/c1-22(2)41-31-23(17-34)15-24(18-37-31)30-35-19-25(20-36-30)26-9-8-10-28-27(26)11-12-33(28)16-29(39)38(21-33)13-14-40-42(6,7)32(3,4)5/h8-10,15,18-20,22H,11-14,16,21H2,1-7H3. The van der Waals surface area contributed by atoms with Crippen LogP contribution in [0.1, 0.15) is 64.2 Å². The average molecular weight is 584 g/mol. The third-order valence-corrected chi connectivity index (χ3v) is 13.6. The van der Waals surface area contributed by atoms with Gasteiger partial charge in [0.15, 0.2) is 14.1 Å². The van der Waals surface area contributed by atoms with Crippen LogP contribution in [-0.2, 0) is 21.1 Å². The fraction of sp³-hybridized carbons (Fsp3) is 0.485. The highest BCUT2D eigenvalue weighted by atomic mass is 28.4. The van der Waals surface area contributed by atoms with Crippen molar-refractivity contribution in [1.29, 1.82) is 5.26 Å². The van der Waals surface area contributed by atoms with Crippen LogP contribution in [-0.4, -0.2) is 59.9 Å². The molecule has 2 aromatic heterocycles. The zero-order valence-corrected chi connectivity index (χ0v) is 26.8. The molecule has 1 aliphatic carbocycles. The van der Waals surface area contributed by atoms with Crippen LogP contribution in [0, 0.1) is 11.3 Å². The molecule has 0 saturated carbocycles. The molecule has 0 N–H and O–H groups in total. The Labute approximate surface area is 250 Å². The first-order valence-corrected chi connectivity index (χ1v) is 17.7. The van der Waals surface area contributed by atoms with Crippen molar-refractivity contribution < 1.29 is 14.0 Å². The molecule has 3 aromatic rings. The molecule has 2 aliphatic rings. The number of aromatic nitrogens is 3. The van der Waals surface area contributed by atoms with E-state index in [-0.39, 0.29) is 22.5 Å². The van der Waals surface area contributed by atoms with Gasteiger partial charge in [-0.15, -0.1) is 0 Å². The summed E-state index contributed by atoms with van der Waals surface area (Å²) in [6, 6.07) is 10.3. The molecule has 42 heavy (non-hydrogen) atoms. The lowest BCUT2D eigenvalue weighted by Crippen LogP contribution is -2.43. The number of benzene rings is 1. The summed E-state index contributed by atoms with van der Waals surface area (Å²) in [5, 5.41) is 9.72. The highest BCUT2D eigenvalue weighted by Crippen LogP contribution is 2.48. The first-order chi connectivity index (χ1) is 19.8. The predicted octanol–water partition coefficient (Wildman–Crippen LogP) is 6.30. The number of likely N-dealkylation sites (tertiary alicyclic amines) is 1. The lowest BCUT2D eigenvalue weighted by Gasteiger charge is -2.36. The Kier molecular flexibility index (Phi) is 7.99. The van der Waals surface area contributed by atoms with Crippen LogP contribution in [0.4, 0.5) is 0 Å². The van der Waals surface area contributed by atoms with Gasteiger partial charge in [-0.05, 0) is 67.6 Å². The second kappa shape index (κ2) is 11.2. The van der Waals surface area contributed by atoms with E-state index in [1.54, 1.807) is 12.3 Å². The van der Waals surface area contributed by atoms with Crippen LogP contribution >= 0.6 is 0 Å². The Bertz CT molecular complexity index is 1520. The van der Waals surface area contributed by atoms with Gasteiger partial charge in [0.05, 0.1) is 12.7 Å². The first kappa shape index (κ1) is 29.9. The highest BCUT2D eigenvalue weighted by molar-refractivity contribution is 6.74. The summed E-state index contributed by atoms with van der Waals surface area (Å²) in [5.41, 5.74) is 5.46. The first-order valence-electron chi connectivity index (χ1n) is 14.8. The number of hydrogen-bond donors (Lipinski definition) is 0. The maximum atomic E-state index is 13.2. The van der Waals surface area contributed by atoms with Crippen LogP contribution in [0.2, 0.25) is 18.1 Å². The molecule has 1 atom stereocenters. The van der Waals surface area contributed by atoms with E-state index < -0.39 is 8.32 Å². The molecule has 0 bridgehead atoms. The van der Waals surface area contributed by atoms with Crippen molar-refractivity contribution in [2.24, 2.45) is 0 Å². The van der Waals surface area contributed by atoms with Gasteiger partial charge in [-0.25, -0.2) is 15.0 Å². The predicted molar refractivity (Wildman–Crippen MR) is 166 cm³/mol. The molecule has 5 rings (SSSR count). The molecule has 9 heteroatoms. The largest absolute Gasteiger partial charge is 0.474 e. The summed E-state index contributed by atoms with van der Waals surface area (Å²) in [6.07, 6.45) is 7.64. The lowest BCUT2D eigenvalue weighted by molar-refractivity contribution is -0.128. The minimum Gasteiger partial charge on any atom is -0.474 e. The highest BCUT2D eigenvalue weighted by Gasteiger charge is 2.48. The number of carbonyl (C=O) groups is 1. The molecule has 1 saturated heterocycles. The van der Waals surface area contributed by atoms with Crippen LogP contribution < -0.4 is 4.74 Å². The Morgan fingerprint density at radius 2 is 1.83 bits per heavy atom. The summed E-state index contributed by atoms with van der Waals surface area (Å²) in [5.74, 6) is 1.03. The molecular formula is C33H41N5O3Si. The fourth-order valence-electron chi connectivity index (χ4n) is 5.80. The molecule has 0 radical (unpaired) electrons. The third kappa shape index (κ3) is 5.70. The minimum atomic E-state index is -1.85. The Balaban J connectivity index is 1.33. The second-order valence-electron chi connectivity index (χ2n) is 13.4. The monoisotopic (exact) mass is 583 g/mol. The van der Waals surface area contributed by atoms with E-state index in [0.29, 0.717) is 42.4 Å². The van der Waals surface area contributed by atoms with Gasteiger partial charge >= 0.3 is 0 Å². The van der Waals surface area contributed by atoms with Crippen LogP contribution in [0.15, 0.2) is 42.9 Å². The average Bonchev–Trinajstić information content (AvgIpc) is 3.46. The normalized spacial score (nSPS) is 18.5. The molecule has 1 unspecified atom stereocenters. The van der Waals surface area contributed by atoms with Gasteiger partial charge in [-0.1, -0.05) is 39.0 Å². The number of nitrogens with zero attached hydrogens (tertiary/aromatic N) is 5. The van der Waals surface area contributed by atoms with Gasteiger partial charge in [0.2, 0.25) is 11.8 Å². The Morgan fingerprint density at radius 3 is 2.50 bits per heavy atom. The van der Waals surface area contributed by atoms with Gasteiger partial charge < -0.3 is 14.1 Å². The van der Waals surface area contributed by atoms with E-state index in [0.717, 1.165) is 30.5 Å². The molecule has 1 amide bonds. The Hall–Kier alpha value is -3.61. The molecule has 220 valence electrons. The van der Waals surface area contributed by atoms with E-state index in [1.165, 1.54) is 11.1 Å². The SMILES string of the molecule is CC(C)Oc1ncc(-c2ncc(-c3cccc4c3CCC43CC(=O)N(CCO[Si](C)(C)C(C)(C)C)C3)cn2)cc1C#N. The number of carbonyl (C=O) groups excluding carboxylic acids is 1. The summed E-state index contributed by atoms with van der Waals surface area (Å²) < 4.78 is 12.0. The summed E-state index contributed by atoms with van der Waals surface area (Å²) in [4.78, 5) is 28.8. The van der Waals surface area contributed by atoms with Crippen molar-refractivity contribution in [3.63, 3.8) is 0 Å². The van der Waals surface area contributed by atoms with E-state index in [2.05, 4.69) is 73.1 Å². The van der Waals surface area contributed by atoms with E-state index >= 15 is 0 Å². The van der Waals surface area contributed by atoms with E-state index in [1.807, 2.05) is 31.1 Å². The second-order valence-corrected chi connectivity index (χ2v) is 18.2. The van der Waals surface area contributed by atoms with Crippen molar-refractivity contribution in [2.45, 2.75) is 83.5 Å². The van der Waals surface area contributed by atoms with Gasteiger partial charge in [0.25, 0.3) is 0 Å². The van der Waals surface area contributed by atoms with E-state index in [4.69, 9.17) is 9.16 Å². The van der Waals surface area contributed by atoms with Crippen molar-refractivity contribution >= 4 is 14.2 Å². The molecule has 1 aromatic carbocycles. The fourth-order valence-corrected chi connectivity index (χ4v) is 6.83. The minimum absolute atomic E-state index is 0.0792. The topological polar surface area (TPSA) is 101 Å². The number of ether oxygens (including phenoxy) is 1. The third-order valence-electron chi connectivity index (χ3n) is 9.11. The zero-order valence-electron chi connectivity index (χ0n) is 25.8. The molecular weight excluding hydrogens is 542 g/mol. The quantitative estimate of drug-likeness (QED) is 0.287. The maximum Gasteiger partial charge on any atom is 0.231 e. The summed E-state index contributed by atoms with van der Waals surface area (Å²) in [6.45, 7) is 17.0. The van der Waals surface area contributed by atoms with Crippen molar-refractivity contribution in [2.75, 3.05) is 19.7 Å². The molecule has 1 aliphatic heterocycles. The van der Waals surface area contributed by atoms with Crippen LogP contribution in [0.25, 0.3) is 22.5 Å². The Morgan fingerprint density at radius 1 is 1.12 bits per heavy atom. The number of rotatable bonds is 8. The molecule has 1 fully saturated rings. The number of hydrogen-bond acceptors (Lipinski definition) is 7. The molecule has 3 heterocycles.